The summed E-state index contributed by atoms with van der Waals surface area (Å²) in [6.45, 7) is 1.05. The molecule has 1 aliphatic rings. The number of carbonyl (C=O) groups is 2. The minimum atomic E-state index is -0.163. The molecule has 1 fully saturated rings. The number of carbonyl (C=O) groups excluding carboxylic acids is 2. The zero-order chi connectivity index (χ0) is 19.7. The number of nitrogens with zero attached hydrogens (tertiary/aromatic N) is 5. The standard InChI is InChI=1S/C20H22N6O2/c1-24-10-9-17(23-24)20(28)25-11-7-14(8-12-25)18(27)16-13-22-26(19(16)21)15-5-3-2-4-6-15/h2-6,9-10,13-14H,7-8,11-12,21H2,1H3. The zero-order valence-electron chi connectivity index (χ0n) is 15.7. The Bertz CT molecular complexity index is 999. The number of anilines is 1. The fraction of sp³-hybridized carbons (Fsp3) is 0.300. The van der Waals surface area contributed by atoms with Crippen LogP contribution in [-0.4, -0.2) is 49.2 Å². The van der Waals surface area contributed by atoms with Crippen LogP contribution in [0.5, 0.6) is 0 Å². The number of aromatic nitrogens is 4. The summed E-state index contributed by atoms with van der Waals surface area (Å²) in [4.78, 5) is 27.2. The summed E-state index contributed by atoms with van der Waals surface area (Å²) in [6, 6.07) is 11.2. The van der Waals surface area contributed by atoms with Crippen molar-refractivity contribution in [3.8, 4) is 5.69 Å². The number of ketones is 1. The van der Waals surface area contributed by atoms with Crippen LogP contribution in [0.25, 0.3) is 5.69 Å². The predicted octanol–water partition coefficient (Wildman–Crippen LogP) is 1.92. The van der Waals surface area contributed by atoms with Crippen LogP contribution in [0.4, 0.5) is 5.82 Å². The first-order valence-corrected chi connectivity index (χ1v) is 9.26. The molecule has 0 atom stereocenters. The van der Waals surface area contributed by atoms with E-state index in [0.29, 0.717) is 43.0 Å². The highest BCUT2D eigenvalue weighted by molar-refractivity contribution is 6.02. The van der Waals surface area contributed by atoms with E-state index in [1.165, 1.54) is 6.20 Å². The lowest BCUT2D eigenvalue weighted by Crippen LogP contribution is -2.40. The summed E-state index contributed by atoms with van der Waals surface area (Å²) in [5.74, 6) is 0.0826. The first-order chi connectivity index (χ1) is 13.5. The van der Waals surface area contributed by atoms with Crippen molar-refractivity contribution in [2.75, 3.05) is 18.8 Å². The van der Waals surface area contributed by atoms with Crippen LogP contribution < -0.4 is 5.73 Å². The summed E-state index contributed by atoms with van der Waals surface area (Å²) in [5.41, 5.74) is 7.89. The summed E-state index contributed by atoms with van der Waals surface area (Å²) in [5, 5.41) is 8.44. The second kappa shape index (κ2) is 7.30. The molecule has 28 heavy (non-hydrogen) atoms. The fourth-order valence-electron chi connectivity index (χ4n) is 3.58. The SMILES string of the molecule is Cn1ccc(C(=O)N2CCC(C(=O)c3cnn(-c4ccccc4)c3N)CC2)n1. The van der Waals surface area contributed by atoms with Crippen molar-refractivity contribution >= 4 is 17.5 Å². The largest absolute Gasteiger partial charge is 0.383 e. The molecule has 1 aliphatic heterocycles. The molecule has 0 spiro atoms. The van der Waals surface area contributed by atoms with E-state index in [2.05, 4.69) is 10.2 Å². The van der Waals surface area contributed by atoms with Crippen LogP contribution in [0.15, 0.2) is 48.8 Å². The van der Waals surface area contributed by atoms with E-state index >= 15 is 0 Å². The maximum Gasteiger partial charge on any atom is 0.274 e. The molecule has 3 heterocycles. The van der Waals surface area contributed by atoms with Gasteiger partial charge >= 0.3 is 0 Å². The lowest BCUT2D eigenvalue weighted by molar-refractivity contribution is 0.0645. The van der Waals surface area contributed by atoms with E-state index < -0.39 is 0 Å². The molecule has 1 amide bonds. The Balaban J connectivity index is 1.43. The Morgan fingerprint density at radius 1 is 1.11 bits per heavy atom. The number of benzene rings is 1. The van der Waals surface area contributed by atoms with E-state index in [9.17, 15) is 9.59 Å². The van der Waals surface area contributed by atoms with Crippen LogP contribution in [0, 0.1) is 5.92 Å². The van der Waals surface area contributed by atoms with Gasteiger partial charge in [0.15, 0.2) is 5.78 Å². The first-order valence-electron chi connectivity index (χ1n) is 9.26. The van der Waals surface area contributed by atoms with E-state index in [-0.39, 0.29) is 17.6 Å². The second-order valence-electron chi connectivity index (χ2n) is 7.00. The number of likely N-dealkylation sites (tertiary alicyclic amines) is 1. The summed E-state index contributed by atoms with van der Waals surface area (Å²) < 4.78 is 3.18. The van der Waals surface area contributed by atoms with Gasteiger partial charge in [-0.2, -0.15) is 10.2 Å². The monoisotopic (exact) mass is 378 g/mol. The summed E-state index contributed by atoms with van der Waals surface area (Å²) in [7, 11) is 1.78. The Morgan fingerprint density at radius 2 is 1.82 bits per heavy atom. The molecule has 1 aromatic carbocycles. The zero-order valence-corrected chi connectivity index (χ0v) is 15.7. The third kappa shape index (κ3) is 3.28. The average Bonchev–Trinajstić information content (AvgIpc) is 3.33. The molecule has 0 radical (unpaired) electrons. The van der Waals surface area contributed by atoms with Crippen LogP contribution in [0.2, 0.25) is 0 Å². The highest BCUT2D eigenvalue weighted by Gasteiger charge is 2.31. The van der Waals surface area contributed by atoms with Gasteiger partial charge in [-0.1, -0.05) is 18.2 Å². The molecule has 144 valence electrons. The van der Waals surface area contributed by atoms with Gasteiger partial charge in [-0.15, -0.1) is 0 Å². The van der Waals surface area contributed by atoms with Crippen LogP contribution >= 0.6 is 0 Å². The Morgan fingerprint density at radius 3 is 2.46 bits per heavy atom. The van der Waals surface area contributed by atoms with Gasteiger partial charge in [0.1, 0.15) is 11.5 Å². The molecule has 2 aromatic heterocycles. The molecule has 8 nitrogen and oxygen atoms in total. The van der Waals surface area contributed by atoms with Gasteiger partial charge in [-0.05, 0) is 31.0 Å². The summed E-state index contributed by atoms with van der Waals surface area (Å²) >= 11 is 0. The van der Waals surface area contributed by atoms with Gasteiger partial charge in [0, 0.05) is 32.3 Å². The van der Waals surface area contributed by atoms with Gasteiger partial charge in [0.25, 0.3) is 5.91 Å². The topological polar surface area (TPSA) is 99.0 Å². The molecule has 2 N–H and O–H groups in total. The number of piperidine rings is 1. The normalized spacial score (nSPS) is 15.0. The number of Topliss-reactive ketones (excluding diaryl/α,β-unsaturated/α-hetero) is 1. The quantitative estimate of drug-likeness (QED) is 0.699. The van der Waals surface area contributed by atoms with Gasteiger partial charge < -0.3 is 10.6 Å². The smallest absolute Gasteiger partial charge is 0.274 e. The molecule has 4 rings (SSSR count). The minimum absolute atomic E-state index is 0.00961. The number of nitrogens with two attached hydrogens (primary N) is 1. The number of aryl methyl sites for hydroxylation is 1. The number of amides is 1. The van der Waals surface area contributed by atoms with Crippen molar-refractivity contribution in [3.05, 3.63) is 60.0 Å². The third-order valence-corrected chi connectivity index (χ3v) is 5.16. The third-order valence-electron chi connectivity index (χ3n) is 5.16. The maximum absolute atomic E-state index is 13.0. The van der Waals surface area contributed by atoms with Gasteiger partial charge in [0.2, 0.25) is 0 Å². The second-order valence-corrected chi connectivity index (χ2v) is 7.00. The number of hydrogen-bond donors (Lipinski definition) is 1. The molecular formula is C20H22N6O2. The van der Waals surface area contributed by atoms with E-state index in [1.807, 2.05) is 30.3 Å². The van der Waals surface area contributed by atoms with E-state index in [1.54, 1.807) is 33.6 Å². The molecule has 8 heteroatoms. The van der Waals surface area contributed by atoms with Crippen LogP contribution in [-0.2, 0) is 7.05 Å². The summed E-state index contributed by atoms with van der Waals surface area (Å²) in [6.07, 6.45) is 4.49. The lowest BCUT2D eigenvalue weighted by atomic mass is 9.89. The highest BCUT2D eigenvalue weighted by Crippen LogP contribution is 2.26. The number of para-hydroxylation sites is 1. The lowest BCUT2D eigenvalue weighted by Gasteiger charge is -2.30. The molecule has 0 aliphatic carbocycles. The molecule has 3 aromatic rings. The van der Waals surface area contributed by atoms with E-state index in [0.717, 1.165) is 5.69 Å². The van der Waals surface area contributed by atoms with Crippen molar-refractivity contribution in [2.24, 2.45) is 13.0 Å². The minimum Gasteiger partial charge on any atom is -0.383 e. The molecule has 0 bridgehead atoms. The first kappa shape index (κ1) is 18.0. The molecule has 1 saturated heterocycles. The average molecular weight is 378 g/mol. The Kier molecular flexibility index (Phi) is 4.68. The predicted molar refractivity (Wildman–Crippen MR) is 104 cm³/mol. The number of hydrogen-bond acceptors (Lipinski definition) is 5. The van der Waals surface area contributed by atoms with Gasteiger partial charge in [-0.3, -0.25) is 14.3 Å². The van der Waals surface area contributed by atoms with Crippen LogP contribution in [0.3, 0.4) is 0 Å². The highest BCUT2D eigenvalue weighted by atomic mass is 16.2. The van der Waals surface area contributed by atoms with Crippen LogP contribution in [0.1, 0.15) is 33.7 Å². The van der Waals surface area contributed by atoms with E-state index in [4.69, 9.17) is 5.73 Å². The molecular weight excluding hydrogens is 356 g/mol. The molecule has 0 unspecified atom stereocenters. The van der Waals surface area contributed by atoms with Crippen molar-refractivity contribution in [2.45, 2.75) is 12.8 Å². The van der Waals surface area contributed by atoms with Gasteiger partial charge in [-0.25, -0.2) is 4.68 Å². The number of rotatable bonds is 4. The van der Waals surface area contributed by atoms with Crippen molar-refractivity contribution in [1.82, 2.24) is 24.5 Å². The molecule has 0 saturated carbocycles. The Hall–Kier alpha value is -3.42. The maximum atomic E-state index is 13.0. The van der Waals surface area contributed by atoms with Gasteiger partial charge in [0.05, 0.1) is 17.4 Å². The van der Waals surface area contributed by atoms with Crippen molar-refractivity contribution < 1.29 is 9.59 Å². The van der Waals surface area contributed by atoms with Crippen molar-refractivity contribution in [3.63, 3.8) is 0 Å². The number of nitrogen functional groups attached to an aromatic ring is 1. The fourth-order valence-corrected chi connectivity index (χ4v) is 3.58. The Labute approximate surface area is 162 Å². The van der Waals surface area contributed by atoms with Crippen molar-refractivity contribution in [1.29, 1.82) is 0 Å².